The summed E-state index contributed by atoms with van der Waals surface area (Å²) >= 11 is 0. The van der Waals surface area contributed by atoms with Crippen molar-refractivity contribution in [2.75, 3.05) is 13.2 Å². The van der Waals surface area contributed by atoms with Gasteiger partial charge in [0.25, 0.3) is 5.92 Å². The highest BCUT2D eigenvalue weighted by molar-refractivity contribution is 5.88. The molecule has 1 aliphatic heterocycles. The maximum atomic E-state index is 13.5. The number of benzene rings is 1. The van der Waals surface area contributed by atoms with Gasteiger partial charge in [-0.2, -0.15) is 0 Å². The van der Waals surface area contributed by atoms with Gasteiger partial charge in [-0.15, -0.1) is 0 Å². The summed E-state index contributed by atoms with van der Waals surface area (Å²) in [5, 5.41) is 10.0. The second-order valence-electron chi connectivity index (χ2n) is 6.05. The van der Waals surface area contributed by atoms with Crippen LogP contribution in [-0.2, 0) is 13.0 Å². The second-order valence-corrected chi connectivity index (χ2v) is 6.05. The van der Waals surface area contributed by atoms with Crippen LogP contribution in [0.25, 0.3) is 10.9 Å². The number of aromatic amines is 1. The summed E-state index contributed by atoms with van der Waals surface area (Å²) in [4.78, 5) is 5.10. The van der Waals surface area contributed by atoms with Gasteiger partial charge < -0.3 is 10.1 Å². The molecule has 0 saturated heterocycles. The first-order valence-electron chi connectivity index (χ1n) is 7.23. The molecule has 114 valence electrons. The molecule has 1 aliphatic rings. The van der Waals surface area contributed by atoms with Gasteiger partial charge in [-0.1, -0.05) is 12.1 Å². The van der Waals surface area contributed by atoms with E-state index in [2.05, 4.69) is 18.0 Å². The number of rotatable bonds is 3. The molecule has 3 rings (SSSR count). The van der Waals surface area contributed by atoms with Crippen molar-refractivity contribution < 1.29 is 13.9 Å². The first-order chi connectivity index (χ1) is 9.91. The van der Waals surface area contributed by atoms with Gasteiger partial charge in [0.05, 0.1) is 6.54 Å². The summed E-state index contributed by atoms with van der Waals surface area (Å²) < 4.78 is 26.9. The van der Waals surface area contributed by atoms with Crippen molar-refractivity contribution in [2.45, 2.75) is 38.8 Å². The largest absolute Gasteiger partial charge is 0.390 e. The number of alkyl halides is 2. The van der Waals surface area contributed by atoms with Gasteiger partial charge in [-0.25, -0.2) is 8.78 Å². The number of nitrogens with zero attached hydrogens (tertiary/aromatic N) is 1. The first-order valence-corrected chi connectivity index (χ1v) is 7.23. The lowest BCUT2D eigenvalue weighted by Crippen LogP contribution is -2.46. The number of aromatic nitrogens is 1. The number of aryl methyl sites for hydroxylation is 1. The molecule has 1 unspecified atom stereocenters. The third-order valence-electron chi connectivity index (χ3n) is 4.37. The third kappa shape index (κ3) is 2.56. The zero-order valence-electron chi connectivity index (χ0n) is 12.3. The standard InChI is InChI=1S/C16H20F2N2O/c1-10-4-3-5-13-15(10)12-6-11(2)20(7-14(12)19-13)8-16(17,18)9-21/h3-5,11,19,21H,6-9H2,1-2H3. The average Bonchev–Trinajstić information content (AvgIpc) is 2.77. The predicted octanol–water partition coefficient (Wildman–Crippen LogP) is 2.85. The quantitative estimate of drug-likeness (QED) is 0.913. The number of aliphatic hydroxyl groups is 1. The summed E-state index contributed by atoms with van der Waals surface area (Å²) in [5.74, 6) is -3.05. The maximum Gasteiger partial charge on any atom is 0.283 e. The Morgan fingerprint density at radius 1 is 1.43 bits per heavy atom. The van der Waals surface area contributed by atoms with E-state index < -0.39 is 19.1 Å². The molecule has 0 spiro atoms. The lowest BCUT2D eigenvalue weighted by Gasteiger charge is -2.35. The Balaban J connectivity index is 1.95. The van der Waals surface area contributed by atoms with Crippen LogP contribution < -0.4 is 0 Å². The minimum atomic E-state index is -3.05. The molecule has 1 aromatic heterocycles. The molecule has 0 saturated carbocycles. The molecule has 0 bridgehead atoms. The van der Waals surface area contributed by atoms with E-state index in [1.165, 1.54) is 16.5 Å². The van der Waals surface area contributed by atoms with E-state index >= 15 is 0 Å². The lowest BCUT2D eigenvalue weighted by molar-refractivity contribution is -0.0819. The summed E-state index contributed by atoms with van der Waals surface area (Å²) in [6.07, 6.45) is 0.752. The number of hydrogen-bond donors (Lipinski definition) is 2. The summed E-state index contributed by atoms with van der Waals surface area (Å²) in [5.41, 5.74) is 4.56. The maximum absolute atomic E-state index is 13.5. The molecule has 0 fully saturated rings. The summed E-state index contributed by atoms with van der Waals surface area (Å²) in [7, 11) is 0. The van der Waals surface area contributed by atoms with E-state index in [0.717, 1.165) is 17.6 Å². The number of hydrogen-bond acceptors (Lipinski definition) is 2. The van der Waals surface area contributed by atoms with Crippen molar-refractivity contribution in [1.29, 1.82) is 0 Å². The molecule has 1 atom stereocenters. The highest BCUT2D eigenvalue weighted by Crippen LogP contribution is 2.33. The van der Waals surface area contributed by atoms with E-state index in [1.54, 1.807) is 4.90 Å². The van der Waals surface area contributed by atoms with Crippen LogP contribution in [0.5, 0.6) is 0 Å². The molecule has 21 heavy (non-hydrogen) atoms. The smallest absolute Gasteiger partial charge is 0.283 e. The zero-order valence-corrected chi connectivity index (χ0v) is 12.3. The molecular weight excluding hydrogens is 274 g/mol. The van der Waals surface area contributed by atoms with Gasteiger partial charge in [-0.05, 0) is 37.5 Å². The van der Waals surface area contributed by atoms with Crippen molar-refractivity contribution in [3.05, 3.63) is 35.0 Å². The van der Waals surface area contributed by atoms with Gasteiger partial charge in [0.1, 0.15) is 6.61 Å². The van der Waals surface area contributed by atoms with Crippen LogP contribution in [0, 0.1) is 6.92 Å². The summed E-state index contributed by atoms with van der Waals surface area (Å²) in [6.45, 7) is 3.01. The first kappa shape index (κ1) is 14.5. The minimum Gasteiger partial charge on any atom is -0.390 e. The summed E-state index contributed by atoms with van der Waals surface area (Å²) in [6, 6.07) is 6.14. The van der Waals surface area contributed by atoms with E-state index in [1.807, 2.05) is 19.1 Å². The Morgan fingerprint density at radius 2 is 2.19 bits per heavy atom. The topological polar surface area (TPSA) is 39.3 Å². The van der Waals surface area contributed by atoms with Crippen molar-refractivity contribution in [3.63, 3.8) is 0 Å². The number of fused-ring (bicyclic) bond motifs is 3. The van der Waals surface area contributed by atoms with E-state index in [4.69, 9.17) is 5.11 Å². The van der Waals surface area contributed by atoms with Gasteiger partial charge in [0.2, 0.25) is 0 Å². The van der Waals surface area contributed by atoms with Crippen molar-refractivity contribution in [2.24, 2.45) is 0 Å². The number of aliphatic hydroxyl groups excluding tert-OH is 1. The lowest BCUT2D eigenvalue weighted by atomic mass is 9.95. The van der Waals surface area contributed by atoms with Crippen molar-refractivity contribution >= 4 is 10.9 Å². The molecule has 5 heteroatoms. The van der Waals surface area contributed by atoms with Crippen LogP contribution in [-0.4, -0.2) is 40.1 Å². The molecule has 0 aliphatic carbocycles. The van der Waals surface area contributed by atoms with Crippen LogP contribution >= 0.6 is 0 Å². The number of nitrogens with one attached hydrogen (secondary N) is 1. The third-order valence-corrected chi connectivity index (χ3v) is 4.37. The molecular formula is C16H20F2N2O. The monoisotopic (exact) mass is 294 g/mol. The number of halogens is 2. The van der Waals surface area contributed by atoms with E-state index in [-0.39, 0.29) is 6.04 Å². The molecule has 1 aromatic carbocycles. The molecule has 2 N–H and O–H groups in total. The van der Waals surface area contributed by atoms with Crippen LogP contribution in [0.2, 0.25) is 0 Å². The van der Waals surface area contributed by atoms with Gasteiger partial charge in [-0.3, -0.25) is 4.90 Å². The Morgan fingerprint density at radius 3 is 2.90 bits per heavy atom. The fourth-order valence-electron chi connectivity index (χ4n) is 3.26. The second kappa shape index (κ2) is 5.07. The average molecular weight is 294 g/mol. The van der Waals surface area contributed by atoms with Gasteiger partial charge >= 0.3 is 0 Å². The zero-order chi connectivity index (χ0) is 15.2. The Kier molecular flexibility index (Phi) is 3.50. The Bertz CT molecular complexity index is 666. The predicted molar refractivity (Wildman–Crippen MR) is 78.6 cm³/mol. The highest BCUT2D eigenvalue weighted by Gasteiger charge is 2.35. The van der Waals surface area contributed by atoms with Gasteiger partial charge in [0.15, 0.2) is 0 Å². The number of H-pyrrole nitrogens is 1. The fraction of sp³-hybridized carbons (Fsp3) is 0.500. The minimum absolute atomic E-state index is 0.0357. The highest BCUT2D eigenvalue weighted by atomic mass is 19.3. The SMILES string of the molecule is Cc1cccc2[nH]c3c(c12)CC(C)N(CC(F)(F)CO)C3. The van der Waals surface area contributed by atoms with Crippen LogP contribution in [0.15, 0.2) is 18.2 Å². The normalized spacial score (nSPS) is 20.0. The fourth-order valence-corrected chi connectivity index (χ4v) is 3.26. The van der Waals surface area contributed by atoms with Crippen molar-refractivity contribution in [3.8, 4) is 0 Å². The van der Waals surface area contributed by atoms with Crippen molar-refractivity contribution in [1.82, 2.24) is 9.88 Å². The Labute approximate surface area is 122 Å². The van der Waals surface area contributed by atoms with Gasteiger partial charge in [0, 0.05) is 29.2 Å². The molecule has 2 aromatic rings. The Hall–Kier alpha value is -1.46. The molecule has 0 radical (unpaired) electrons. The van der Waals surface area contributed by atoms with E-state index in [9.17, 15) is 8.78 Å². The molecule has 3 nitrogen and oxygen atoms in total. The van der Waals surface area contributed by atoms with E-state index in [0.29, 0.717) is 6.54 Å². The van der Waals surface area contributed by atoms with Crippen LogP contribution in [0.1, 0.15) is 23.7 Å². The van der Waals surface area contributed by atoms with Crippen LogP contribution in [0.4, 0.5) is 8.78 Å². The molecule has 2 heterocycles. The van der Waals surface area contributed by atoms with Crippen LogP contribution in [0.3, 0.4) is 0 Å². The molecule has 0 amide bonds.